The highest BCUT2D eigenvalue weighted by atomic mass is 32.2. The maximum Gasteiger partial charge on any atom is 0.339 e. The van der Waals surface area contributed by atoms with Crippen LogP contribution in [0.15, 0.2) is 81.5 Å². The number of Topliss-reactive ketones (excluding diaryl/α,β-unsaturated/α-hetero) is 2. The van der Waals surface area contributed by atoms with E-state index in [1.54, 1.807) is 0 Å². The summed E-state index contributed by atoms with van der Waals surface area (Å²) in [5, 5.41) is 25.7. The molecule has 2 N–H and O–H groups in total. The molecule has 3 aromatic carbocycles. The number of nitrogens with zero attached hydrogens (tertiary/aromatic N) is 6. The van der Waals surface area contributed by atoms with Gasteiger partial charge < -0.3 is 14.4 Å². The molecule has 0 unspecified atom stereocenters. The van der Waals surface area contributed by atoms with Crippen molar-refractivity contribution in [3.8, 4) is 17.2 Å². The lowest BCUT2D eigenvalue weighted by Gasteiger charge is -2.19. The lowest BCUT2D eigenvalue weighted by Crippen LogP contribution is -2.25. The Hall–Kier alpha value is -5.62. The Morgan fingerprint density at radius 2 is 1.53 bits per heavy atom. The summed E-state index contributed by atoms with van der Waals surface area (Å²) >= 11 is 0. The van der Waals surface area contributed by atoms with E-state index in [0.29, 0.717) is 0 Å². The van der Waals surface area contributed by atoms with Crippen LogP contribution in [0, 0.1) is 0 Å². The van der Waals surface area contributed by atoms with Gasteiger partial charge in [-0.3, -0.25) is 14.4 Å². The van der Waals surface area contributed by atoms with E-state index in [2.05, 4.69) is 20.1 Å². The Morgan fingerprint density at radius 1 is 0.868 bits per heavy atom. The quantitative estimate of drug-likeness (QED) is 0.112. The summed E-state index contributed by atoms with van der Waals surface area (Å²) in [7, 11) is -4.75. The van der Waals surface area contributed by atoms with Gasteiger partial charge in [0, 0.05) is 32.6 Å². The van der Waals surface area contributed by atoms with Gasteiger partial charge in [-0.15, -0.1) is 0 Å². The Morgan fingerprint density at radius 3 is 2.16 bits per heavy atom. The minimum Gasteiger partial charge on any atom is -0.508 e. The van der Waals surface area contributed by atoms with Gasteiger partial charge in [0.2, 0.25) is 11.6 Å². The number of phenols is 2. The van der Waals surface area contributed by atoms with Gasteiger partial charge in [0.25, 0.3) is 0 Å². The molecule has 1 aliphatic rings. The Bertz CT molecular complexity index is 1780. The van der Waals surface area contributed by atoms with Gasteiger partial charge in [-0.2, -0.15) is 8.42 Å². The summed E-state index contributed by atoms with van der Waals surface area (Å²) < 4.78 is 31.5. The molecule has 0 saturated carbocycles. The molecule has 15 heteroatoms. The largest absolute Gasteiger partial charge is 0.508 e. The van der Waals surface area contributed by atoms with Gasteiger partial charge >= 0.3 is 10.1 Å². The molecular formula is C23H12N6O8S. The van der Waals surface area contributed by atoms with Crippen molar-refractivity contribution >= 4 is 33.2 Å². The van der Waals surface area contributed by atoms with Crippen LogP contribution in [0.2, 0.25) is 0 Å². The van der Waals surface area contributed by atoms with E-state index in [4.69, 9.17) is 15.2 Å². The highest BCUT2D eigenvalue weighted by molar-refractivity contribution is 7.87. The summed E-state index contributed by atoms with van der Waals surface area (Å²) in [6.07, 6.45) is 0. The number of fused-ring (bicyclic) bond motifs is 1. The van der Waals surface area contributed by atoms with Crippen molar-refractivity contribution in [1.82, 2.24) is 0 Å². The van der Waals surface area contributed by atoms with Gasteiger partial charge in [0.15, 0.2) is 5.78 Å². The van der Waals surface area contributed by atoms with Crippen LogP contribution in [0.25, 0.3) is 26.6 Å². The average Bonchev–Trinajstić information content (AvgIpc) is 2.88. The van der Waals surface area contributed by atoms with Crippen molar-refractivity contribution in [1.29, 1.82) is 0 Å². The van der Waals surface area contributed by atoms with E-state index in [1.807, 2.05) is 0 Å². The summed E-state index contributed by atoms with van der Waals surface area (Å²) in [4.78, 5) is 41.9. The van der Waals surface area contributed by atoms with Crippen LogP contribution >= 0.6 is 0 Å². The number of allylic oxidation sites excluding steroid dienone is 1. The molecule has 0 spiro atoms. The van der Waals surface area contributed by atoms with Gasteiger partial charge in [-0.1, -0.05) is 22.4 Å². The van der Waals surface area contributed by atoms with E-state index in [-0.39, 0.29) is 22.6 Å². The third-order valence-corrected chi connectivity index (χ3v) is 6.55. The van der Waals surface area contributed by atoms with Gasteiger partial charge in [0.1, 0.15) is 22.1 Å². The second-order valence-corrected chi connectivity index (χ2v) is 9.02. The number of carbonyl (C=O) groups excluding carboxylic acids is 3. The van der Waals surface area contributed by atoms with Crippen LogP contribution in [0.4, 0.5) is 0 Å². The number of carbonyl (C=O) groups is 3. The summed E-state index contributed by atoms with van der Waals surface area (Å²) in [6, 6.07) is 11.5. The predicted octanol–water partition coefficient (Wildman–Crippen LogP) is 4.15. The zero-order valence-corrected chi connectivity index (χ0v) is 19.5. The first kappa shape index (κ1) is 25.5. The first-order chi connectivity index (χ1) is 18.1. The van der Waals surface area contributed by atoms with Crippen LogP contribution in [0.5, 0.6) is 17.2 Å². The second-order valence-electron chi connectivity index (χ2n) is 7.51. The molecule has 0 fully saturated rings. The maximum atomic E-state index is 13.2. The highest BCUT2D eigenvalue weighted by Gasteiger charge is 2.36. The third kappa shape index (κ3) is 4.50. The highest BCUT2D eigenvalue weighted by Crippen LogP contribution is 2.37. The molecule has 0 aromatic heterocycles. The molecule has 0 atom stereocenters. The zero-order valence-electron chi connectivity index (χ0n) is 18.7. The van der Waals surface area contributed by atoms with Crippen molar-refractivity contribution in [2.45, 2.75) is 4.90 Å². The minimum absolute atomic E-state index is 0.0597. The molecule has 0 radical (unpaired) electrons. The molecule has 4 rings (SSSR count). The smallest absolute Gasteiger partial charge is 0.339 e. The molecule has 1 aliphatic carbocycles. The van der Waals surface area contributed by atoms with E-state index in [9.17, 15) is 33.0 Å². The number of ketones is 3. The molecule has 3 aromatic rings. The average molecular weight is 532 g/mol. The molecule has 38 heavy (non-hydrogen) atoms. The van der Waals surface area contributed by atoms with Crippen LogP contribution in [-0.2, 0) is 14.9 Å². The van der Waals surface area contributed by atoms with Gasteiger partial charge in [-0.25, -0.2) is 0 Å². The lowest BCUT2D eigenvalue weighted by atomic mass is 9.91. The summed E-state index contributed by atoms with van der Waals surface area (Å²) in [5.74, 6) is -4.04. The first-order valence-corrected chi connectivity index (χ1v) is 11.7. The predicted molar refractivity (Wildman–Crippen MR) is 128 cm³/mol. The maximum absolute atomic E-state index is 13.2. The van der Waals surface area contributed by atoms with E-state index in [1.165, 1.54) is 30.3 Å². The first-order valence-electron chi connectivity index (χ1n) is 10.3. The molecule has 0 aliphatic heterocycles. The van der Waals surface area contributed by atoms with E-state index >= 15 is 0 Å². The van der Waals surface area contributed by atoms with Crippen LogP contribution < -0.4 is 4.18 Å². The number of rotatable bonds is 7. The van der Waals surface area contributed by atoms with Gasteiger partial charge in [-0.05, 0) is 53.5 Å². The molecule has 0 heterocycles. The van der Waals surface area contributed by atoms with E-state index in [0.717, 1.165) is 30.3 Å². The van der Waals surface area contributed by atoms with Crippen LogP contribution in [0.1, 0.15) is 31.8 Å². The third-order valence-electron chi connectivity index (χ3n) is 5.26. The Labute approximate surface area is 212 Å². The topological polar surface area (TPSA) is 233 Å². The lowest BCUT2D eigenvalue weighted by molar-refractivity contribution is -0.111. The number of phenolic OH excluding ortho intramolecular Hbond substituents is 2. The zero-order chi connectivity index (χ0) is 27.6. The summed E-state index contributed by atoms with van der Waals surface area (Å²) in [6.45, 7) is 0. The Balaban J connectivity index is 1.74. The number of hydrogen-bond acceptors (Lipinski definition) is 10. The molecule has 0 saturated heterocycles. The van der Waals surface area contributed by atoms with Crippen molar-refractivity contribution in [2.75, 3.05) is 0 Å². The molecule has 0 bridgehead atoms. The Kier molecular flexibility index (Phi) is 6.56. The fourth-order valence-electron chi connectivity index (χ4n) is 3.61. The molecule has 14 nitrogen and oxygen atoms in total. The fourth-order valence-corrected chi connectivity index (χ4v) is 4.77. The van der Waals surface area contributed by atoms with Crippen molar-refractivity contribution in [2.24, 2.45) is 10.2 Å². The van der Waals surface area contributed by atoms with Crippen LogP contribution in [0.3, 0.4) is 0 Å². The van der Waals surface area contributed by atoms with Gasteiger partial charge in [0.05, 0.1) is 17.0 Å². The SMILES string of the molecule is [N-]=[N+]=NC1=C(N=[N+]=[N-])c2c(cccc2S(=O)(=O)Oc2ccc(C(=O)c3ccc(O)cc3O)cc2)C(=O)C1=O. The molecular weight excluding hydrogens is 520 g/mol. The fraction of sp³-hybridized carbons (Fsp3) is 0. The number of benzene rings is 3. The summed E-state index contributed by atoms with van der Waals surface area (Å²) in [5.41, 5.74) is 15.3. The molecule has 0 amide bonds. The number of azide groups is 2. The number of hydrogen-bond donors (Lipinski definition) is 2. The second kappa shape index (κ2) is 9.79. The van der Waals surface area contributed by atoms with Crippen molar-refractivity contribution in [3.05, 3.63) is 110 Å². The van der Waals surface area contributed by atoms with Crippen LogP contribution in [-0.4, -0.2) is 36.0 Å². The number of aromatic hydroxyl groups is 2. The minimum atomic E-state index is -4.75. The monoisotopic (exact) mass is 532 g/mol. The van der Waals surface area contributed by atoms with Crippen molar-refractivity contribution < 1.29 is 37.2 Å². The normalized spacial score (nSPS) is 12.7. The van der Waals surface area contributed by atoms with Crippen molar-refractivity contribution in [3.63, 3.8) is 0 Å². The van der Waals surface area contributed by atoms with E-state index < -0.39 is 60.6 Å². The standard InChI is InChI=1S/C23H12N6O8S/c24-28-26-19-18-15(22(33)23(34)20(19)27-29-25)2-1-3-17(18)38(35,36)37-13-7-4-11(5-8-13)21(32)14-9-6-12(30)10-16(14)31/h1-10,30-31H. The molecule has 188 valence electrons.